The van der Waals surface area contributed by atoms with Crippen molar-refractivity contribution in [3.8, 4) is 21.7 Å². The molecule has 1 aromatic carbocycles. The maximum absolute atomic E-state index is 14.7. The van der Waals surface area contributed by atoms with E-state index in [1.54, 1.807) is 12.4 Å². The van der Waals surface area contributed by atoms with Crippen LogP contribution in [-0.4, -0.2) is 28.0 Å². The molecule has 0 saturated heterocycles. The molecule has 10 heteroatoms. The predicted molar refractivity (Wildman–Crippen MR) is 133 cm³/mol. The van der Waals surface area contributed by atoms with Crippen LogP contribution in [0.2, 0.25) is 5.15 Å². The Bertz CT molecular complexity index is 1310. The summed E-state index contributed by atoms with van der Waals surface area (Å²) >= 11 is 7.65. The molecule has 0 fully saturated rings. The van der Waals surface area contributed by atoms with E-state index in [1.165, 1.54) is 23.7 Å². The third kappa shape index (κ3) is 5.05. The molecule has 6 N–H and O–H groups in total. The summed E-state index contributed by atoms with van der Waals surface area (Å²) in [5.74, 6) is -0.135. The fraction of sp³-hybridized carbons (Fsp3) is 0.174. The molecule has 0 saturated carbocycles. The van der Waals surface area contributed by atoms with Crippen LogP contribution in [0.25, 0.3) is 31.8 Å². The van der Waals surface area contributed by atoms with Gasteiger partial charge in [-0.05, 0) is 35.6 Å². The summed E-state index contributed by atoms with van der Waals surface area (Å²) in [7, 11) is 0. The van der Waals surface area contributed by atoms with Crippen molar-refractivity contribution in [2.45, 2.75) is 13.0 Å². The minimum atomic E-state index is -0.485. The highest BCUT2D eigenvalue weighted by atomic mass is 35.5. The van der Waals surface area contributed by atoms with E-state index in [2.05, 4.69) is 25.6 Å². The molecular formula is C23H23ClFN7S. The van der Waals surface area contributed by atoms with E-state index < -0.39 is 5.82 Å². The number of rotatable bonds is 8. The average Bonchev–Trinajstić information content (AvgIpc) is 3.24. The third-order valence-corrected chi connectivity index (χ3v) is 6.37. The van der Waals surface area contributed by atoms with E-state index in [4.69, 9.17) is 23.1 Å². The fourth-order valence-corrected chi connectivity index (χ4v) is 4.79. The van der Waals surface area contributed by atoms with Gasteiger partial charge < -0.3 is 22.1 Å². The average molecular weight is 484 g/mol. The normalized spacial score (nSPS) is 12.4. The Hall–Kier alpha value is -3.27. The fourth-order valence-electron chi connectivity index (χ4n) is 3.45. The number of anilines is 1. The largest absolute Gasteiger partial charge is 0.403 e. The zero-order valence-electron chi connectivity index (χ0n) is 17.8. The lowest BCUT2D eigenvalue weighted by Crippen LogP contribution is -2.18. The van der Waals surface area contributed by atoms with Crippen molar-refractivity contribution in [2.75, 3.05) is 18.4 Å². The molecule has 0 bridgehead atoms. The van der Waals surface area contributed by atoms with Crippen LogP contribution in [0.1, 0.15) is 18.5 Å². The molecule has 0 aliphatic heterocycles. The molecule has 0 aliphatic rings. The number of benzene rings is 1. The number of aromatic nitrogens is 3. The van der Waals surface area contributed by atoms with Gasteiger partial charge in [-0.1, -0.05) is 29.8 Å². The van der Waals surface area contributed by atoms with Gasteiger partial charge in [0.05, 0.1) is 11.1 Å². The lowest BCUT2D eigenvalue weighted by Gasteiger charge is -2.13. The lowest BCUT2D eigenvalue weighted by molar-refractivity contribution is 0.619. The van der Waals surface area contributed by atoms with Crippen LogP contribution in [0.3, 0.4) is 0 Å². The molecule has 33 heavy (non-hydrogen) atoms. The topological polar surface area (TPSA) is 115 Å². The van der Waals surface area contributed by atoms with Gasteiger partial charge in [-0.2, -0.15) is 0 Å². The zero-order valence-corrected chi connectivity index (χ0v) is 19.4. The highest BCUT2D eigenvalue weighted by molar-refractivity contribution is 7.22. The summed E-state index contributed by atoms with van der Waals surface area (Å²) in [6, 6.07) is 9.48. The number of pyridine rings is 1. The summed E-state index contributed by atoms with van der Waals surface area (Å²) in [4.78, 5) is 13.3. The molecule has 170 valence electrons. The molecule has 1 atom stereocenters. The van der Waals surface area contributed by atoms with Crippen LogP contribution in [0.5, 0.6) is 0 Å². The quantitative estimate of drug-likeness (QED) is 0.213. The summed E-state index contributed by atoms with van der Waals surface area (Å²) in [5.41, 5.74) is 14.5. The van der Waals surface area contributed by atoms with Crippen LogP contribution in [0, 0.1) is 5.82 Å². The highest BCUT2D eigenvalue weighted by Gasteiger charge is 2.17. The molecule has 0 unspecified atom stereocenters. The predicted octanol–water partition coefficient (Wildman–Crippen LogP) is 4.66. The molecule has 3 aromatic heterocycles. The SMILES string of the molecule is C[C@@H](N)c1cnc(Cl)cc1-c1cccc2cc(-c3nc(NCCN/C=C\N)ncc3F)sc12. The maximum atomic E-state index is 14.7. The minimum absolute atomic E-state index is 0.220. The second-order valence-corrected chi connectivity index (χ2v) is 8.79. The first-order valence-corrected chi connectivity index (χ1v) is 11.5. The monoisotopic (exact) mass is 483 g/mol. The zero-order chi connectivity index (χ0) is 23.4. The van der Waals surface area contributed by atoms with E-state index >= 15 is 0 Å². The first-order chi connectivity index (χ1) is 16.0. The second kappa shape index (κ2) is 10.1. The molecular weight excluding hydrogens is 461 g/mol. The number of fused-ring (bicyclic) bond motifs is 1. The minimum Gasteiger partial charge on any atom is -0.403 e. The number of thiophene rings is 1. The number of nitrogens with zero attached hydrogens (tertiary/aromatic N) is 3. The van der Waals surface area contributed by atoms with Crippen molar-refractivity contribution in [1.29, 1.82) is 0 Å². The standard InChI is InChI=1S/C23H23ClFN7S/c1-13(27)17-11-30-20(24)10-16(17)15-4-2-3-14-9-19(33-22(14)15)21-18(25)12-31-23(32-21)29-8-7-28-6-5-26/h2-6,9-13,28H,7-8,26-27H2,1H3,(H,29,31,32)/b6-5-/t13-/m1/s1. The van der Waals surface area contributed by atoms with Crippen LogP contribution in [-0.2, 0) is 0 Å². The van der Waals surface area contributed by atoms with E-state index in [9.17, 15) is 4.39 Å². The van der Waals surface area contributed by atoms with Gasteiger partial charge in [-0.15, -0.1) is 11.3 Å². The number of nitrogens with two attached hydrogens (primary N) is 2. The van der Waals surface area contributed by atoms with Crippen molar-refractivity contribution >= 4 is 39.0 Å². The lowest BCUT2D eigenvalue weighted by atomic mass is 9.97. The molecule has 0 spiro atoms. The Morgan fingerprint density at radius 3 is 2.82 bits per heavy atom. The van der Waals surface area contributed by atoms with Crippen molar-refractivity contribution in [3.63, 3.8) is 0 Å². The van der Waals surface area contributed by atoms with Gasteiger partial charge in [0.1, 0.15) is 10.8 Å². The van der Waals surface area contributed by atoms with Gasteiger partial charge in [-0.3, -0.25) is 0 Å². The van der Waals surface area contributed by atoms with Crippen LogP contribution >= 0.6 is 22.9 Å². The first-order valence-electron chi connectivity index (χ1n) is 10.3. The van der Waals surface area contributed by atoms with Gasteiger partial charge in [0.15, 0.2) is 5.82 Å². The molecule has 3 heterocycles. The smallest absolute Gasteiger partial charge is 0.223 e. The van der Waals surface area contributed by atoms with Crippen molar-refractivity contribution in [1.82, 2.24) is 20.3 Å². The third-order valence-electron chi connectivity index (χ3n) is 4.97. The summed E-state index contributed by atoms with van der Waals surface area (Å²) in [6.45, 7) is 3.07. The van der Waals surface area contributed by atoms with E-state index in [0.29, 0.717) is 29.1 Å². The Morgan fingerprint density at radius 1 is 1.18 bits per heavy atom. The number of nitrogens with one attached hydrogen (secondary N) is 2. The molecule has 4 aromatic rings. The Labute approximate surface area is 199 Å². The van der Waals surface area contributed by atoms with Gasteiger partial charge in [-0.25, -0.2) is 19.3 Å². The molecule has 0 radical (unpaired) electrons. The van der Waals surface area contributed by atoms with Crippen molar-refractivity contribution < 1.29 is 4.39 Å². The number of halogens is 2. The number of hydrogen-bond acceptors (Lipinski definition) is 8. The van der Waals surface area contributed by atoms with E-state index in [0.717, 1.165) is 26.8 Å². The first kappa shape index (κ1) is 22.9. The molecule has 0 amide bonds. The Morgan fingerprint density at radius 2 is 2.03 bits per heavy atom. The van der Waals surface area contributed by atoms with Crippen molar-refractivity contribution in [2.24, 2.45) is 11.5 Å². The van der Waals surface area contributed by atoms with Crippen molar-refractivity contribution in [3.05, 3.63) is 71.7 Å². The maximum Gasteiger partial charge on any atom is 0.223 e. The van der Waals surface area contributed by atoms with Crippen LogP contribution in [0.15, 0.2) is 55.1 Å². The van der Waals surface area contributed by atoms with Gasteiger partial charge in [0.2, 0.25) is 5.95 Å². The van der Waals surface area contributed by atoms with Crippen LogP contribution in [0.4, 0.5) is 10.3 Å². The number of hydrogen-bond donors (Lipinski definition) is 4. The molecule has 7 nitrogen and oxygen atoms in total. The Balaban J connectivity index is 1.72. The molecule has 4 rings (SSSR count). The van der Waals surface area contributed by atoms with Gasteiger partial charge in [0.25, 0.3) is 0 Å². The van der Waals surface area contributed by atoms with Gasteiger partial charge >= 0.3 is 0 Å². The van der Waals surface area contributed by atoms with Gasteiger partial charge in [0, 0.05) is 48.0 Å². The summed E-state index contributed by atoms with van der Waals surface area (Å²) in [5, 5.41) is 7.44. The highest BCUT2D eigenvalue weighted by Crippen LogP contribution is 2.41. The van der Waals surface area contributed by atoms with E-state index in [-0.39, 0.29) is 11.7 Å². The summed E-state index contributed by atoms with van der Waals surface area (Å²) < 4.78 is 15.7. The molecule has 0 aliphatic carbocycles. The second-order valence-electron chi connectivity index (χ2n) is 7.35. The Kier molecular flexibility index (Phi) is 7.02. The van der Waals surface area contributed by atoms with Crippen LogP contribution < -0.4 is 22.1 Å². The summed E-state index contributed by atoms with van der Waals surface area (Å²) in [6.07, 6.45) is 5.94. The van der Waals surface area contributed by atoms with E-state index in [1.807, 2.05) is 37.3 Å².